The molecule has 2 aromatic carbocycles. The van der Waals surface area contributed by atoms with Crippen LogP contribution in [0.2, 0.25) is 0 Å². The Morgan fingerprint density at radius 2 is 1.75 bits per heavy atom. The SMILES string of the molecule is COc1cccc(C(C)=O)c1OC(C)c1ccccc1. The van der Waals surface area contributed by atoms with Crippen LogP contribution in [0.4, 0.5) is 0 Å². The molecule has 0 amide bonds. The van der Waals surface area contributed by atoms with Crippen molar-refractivity contribution in [1.82, 2.24) is 0 Å². The number of methoxy groups -OCH3 is 1. The minimum absolute atomic E-state index is 0.0424. The minimum Gasteiger partial charge on any atom is -0.493 e. The number of hydrogen-bond acceptors (Lipinski definition) is 3. The van der Waals surface area contributed by atoms with Gasteiger partial charge in [-0.15, -0.1) is 0 Å². The molecule has 0 bridgehead atoms. The summed E-state index contributed by atoms with van der Waals surface area (Å²) in [6, 6.07) is 15.2. The van der Waals surface area contributed by atoms with E-state index in [0.717, 1.165) is 5.56 Å². The van der Waals surface area contributed by atoms with Crippen LogP contribution in [0.1, 0.15) is 35.9 Å². The fourth-order valence-electron chi connectivity index (χ4n) is 2.04. The van der Waals surface area contributed by atoms with Crippen LogP contribution in [0.25, 0.3) is 0 Å². The smallest absolute Gasteiger partial charge is 0.172 e. The molecule has 2 aromatic rings. The van der Waals surface area contributed by atoms with Crippen LogP contribution in [-0.2, 0) is 0 Å². The first-order valence-electron chi connectivity index (χ1n) is 6.53. The summed E-state index contributed by atoms with van der Waals surface area (Å²) in [5, 5.41) is 0. The van der Waals surface area contributed by atoms with Crippen LogP contribution in [0, 0.1) is 0 Å². The number of carbonyl (C=O) groups excluding carboxylic acids is 1. The maximum atomic E-state index is 11.7. The second-order valence-electron chi connectivity index (χ2n) is 4.56. The average Bonchev–Trinajstić information content (AvgIpc) is 2.48. The summed E-state index contributed by atoms with van der Waals surface area (Å²) in [6.07, 6.45) is -0.161. The van der Waals surface area contributed by atoms with E-state index in [2.05, 4.69) is 0 Å². The van der Waals surface area contributed by atoms with Crippen molar-refractivity contribution in [2.75, 3.05) is 7.11 Å². The van der Waals surface area contributed by atoms with E-state index in [-0.39, 0.29) is 11.9 Å². The lowest BCUT2D eigenvalue weighted by molar-refractivity contribution is 0.101. The Labute approximate surface area is 119 Å². The Morgan fingerprint density at radius 1 is 1.05 bits per heavy atom. The fraction of sp³-hybridized carbons (Fsp3) is 0.235. The van der Waals surface area contributed by atoms with Gasteiger partial charge in [0.15, 0.2) is 17.3 Å². The Balaban J connectivity index is 2.35. The van der Waals surface area contributed by atoms with Gasteiger partial charge in [0.05, 0.1) is 12.7 Å². The Bertz CT molecular complexity index is 590. The van der Waals surface area contributed by atoms with Gasteiger partial charge >= 0.3 is 0 Å². The molecule has 0 aliphatic carbocycles. The molecular weight excluding hydrogens is 252 g/mol. The standard InChI is InChI=1S/C17H18O3/c1-12(18)15-10-7-11-16(19-3)17(15)20-13(2)14-8-5-4-6-9-14/h4-11,13H,1-3H3. The molecule has 0 aliphatic heterocycles. The highest BCUT2D eigenvalue weighted by Crippen LogP contribution is 2.34. The molecule has 0 saturated heterocycles. The van der Waals surface area contributed by atoms with Gasteiger partial charge in [-0.3, -0.25) is 4.79 Å². The molecule has 0 aliphatic rings. The van der Waals surface area contributed by atoms with Crippen molar-refractivity contribution in [2.24, 2.45) is 0 Å². The lowest BCUT2D eigenvalue weighted by Gasteiger charge is -2.19. The summed E-state index contributed by atoms with van der Waals surface area (Å²) in [4.78, 5) is 11.7. The van der Waals surface area contributed by atoms with E-state index in [4.69, 9.17) is 9.47 Å². The zero-order chi connectivity index (χ0) is 14.5. The number of rotatable bonds is 5. The topological polar surface area (TPSA) is 35.5 Å². The predicted molar refractivity (Wildman–Crippen MR) is 78.5 cm³/mol. The number of carbonyl (C=O) groups is 1. The van der Waals surface area contributed by atoms with Crippen LogP contribution in [0.15, 0.2) is 48.5 Å². The first-order chi connectivity index (χ1) is 9.63. The maximum absolute atomic E-state index is 11.7. The van der Waals surface area contributed by atoms with Gasteiger partial charge in [-0.2, -0.15) is 0 Å². The largest absolute Gasteiger partial charge is 0.493 e. The van der Waals surface area contributed by atoms with Gasteiger partial charge in [0, 0.05) is 0 Å². The average molecular weight is 270 g/mol. The summed E-state index contributed by atoms with van der Waals surface area (Å²) in [7, 11) is 1.57. The van der Waals surface area contributed by atoms with Crippen molar-refractivity contribution >= 4 is 5.78 Å². The summed E-state index contributed by atoms with van der Waals surface area (Å²) in [5.41, 5.74) is 1.58. The van der Waals surface area contributed by atoms with E-state index >= 15 is 0 Å². The number of para-hydroxylation sites is 1. The predicted octanol–water partition coefficient (Wildman–Crippen LogP) is 4.04. The van der Waals surface area contributed by atoms with Crippen molar-refractivity contribution in [2.45, 2.75) is 20.0 Å². The molecule has 104 valence electrons. The highest BCUT2D eigenvalue weighted by atomic mass is 16.5. The van der Waals surface area contributed by atoms with Crippen molar-refractivity contribution in [3.05, 3.63) is 59.7 Å². The molecule has 0 aromatic heterocycles. The first-order valence-corrected chi connectivity index (χ1v) is 6.53. The molecular formula is C17H18O3. The third-order valence-corrected chi connectivity index (χ3v) is 3.14. The number of Topliss-reactive ketones (excluding diaryl/α,β-unsaturated/α-hetero) is 1. The molecule has 0 fully saturated rings. The highest BCUT2D eigenvalue weighted by molar-refractivity contribution is 5.97. The molecule has 0 N–H and O–H groups in total. The molecule has 1 atom stereocenters. The second kappa shape index (κ2) is 6.24. The molecule has 0 heterocycles. The summed E-state index contributed by atoms with van der Waals surface area (Å²) in [5.74, 6) is 1.03. The zero-order valence-corrected chi connectivity index (χ0v) is 11.9. The second-order valence-corrected chi connectivity index (χ2v) is 4.56. The van der Waals surface area contributed by atoms with Crippen molar-refractivity contribution < 1.29 is 14.3 Å². The van der Waals surface area contributed by atoms with E-state index in [1.54, 1.807) is 25.3 Å². The summed E-state index contributed by atoms with van der Waals surface area (Å²) < 4.78 is 11.3. The molecule has 3 nitrogen and oxygen atoms in total. The van der Waals surface area contributed by atoms with E-state index in [9.17, 15) is 4.79 Å². The van der Waals surface area contributed by atoms with Crippen LogP contribution in [0.3, 0.4) is 0 Å². The number of ether oxygens (including phenoxy) is 2. The van der Waals surface area contributed by atoms with Crippen molar-refractivity contribution in [1.29, 1.82) is 0 Å². The lowest BCUT2D eigenvalue weighted by Crippen LogP contribution is -2.07. The van der Waals surface area contributed by atoms with Crippen molar-refractivity contribution in [3.8, 4) is 11.5 Å². The highest BCUT2D eigenvalue weighted by Gasteiger charge is 2.17. The summed E-state index contributed by atoms with van der Waals surface area (Å²) >= 11 is 0. The lowest BCUT2D eigenvalue weighted by atomic mass is 10.1. The van der Waals surface area contributed by atoms with Crippen molar-refractivity contribution in [3.63, 3.8) is 0 Å². The molecule has 2 rings (SSSR count). The first kappa shape index (κ1) is 14.1. The Hall–Kier alpha value is -2.29. The van der Waals surface area contributed by atoms with Gasteiger partial charge in [0.25, 0.3) is 0 Å². The Morgan fingerprint density at radius 3 is 2.35 bits per heavy atom. The number of ketones is 1. The van der Waals surface area contributed by atoms with Gasteiger partial charge in [-0.1, -0.05) is 36.4 Å². The Kier molecular flexibility index (Phi) is 4.41. The van der Waals surface area contributed by atoms with Gasteiger partial charge in [0.1, 0.15) is 6.10 Å². The molecule has 0 spiro atoms. The normalized spacial score (nSPS) is 11.8. The van der Waals surface area contributed by atoms with Crippen LogP contribution >= 0.6 is 0 Å². The van der Waals surface area contributed by atoms with Gasteiger partial charge in [-0.25, -0.2) is 0 Å². The van der Waals surface area contributed by atoms with E-state index in [0.29, 0.717) is 17.1 Å². The van der Waals surface area contributed by atoms with E-state index < -0.39 is 0 Å². The molecule has 20 heavy (non-hydrogen) atoms. The van der Waals surface area contributed by atoms with Crippen LogP contribution in [0.5, 0.6) is 11.5 Å². The maximum Gasteiger partial charge on any atom is 0.172 e. The fourth-order valence-corrected chi connectivity index (χ4v) is 2.04. The van der Waals surface area contributed by atoms with Gasteiger partial charge in [0.2, 0.25) is 0 Å². The quantitative estimate of drug-likeness (QED) is 0.769. The van der Waals surface area contributed by atoms with Crippen LogP contribution < -0.4 is 9.47 Å². The molecule has 0 saturated carbocycles. The third kappa shape index (κ3) is 2.99. The summed E-state index contributed by atoms with van der Waals surface area (Å²) in [6.45, 7) is 3.47. The zero-order valence-electron chi connectivity index (χ0n) is 11.9. The van der Waals surface area contributed by atoms with Crippen LogP contribution in [-0.4, -0.2) is 12.9 Å². The third-order valence-electron chi connectivity index (χ3n) is 3.14. The monoisotopic (exact) mass is 270 g/mol. The minimum atomic E-state index is -0.161. The van der Waals surface area contributed by atoms with E-state index in [1.165, 1.54) is 6.92 Å². The molecule has 1 unspecified atom stereocenters. The molecule has 3 heteroatoms. The van der Waals surface area contributed by atoms with E-state index in [1.807, 2.05) is 37.3 Å². The number of hydrogen-bond donors (Lipinski definition) is 0. The van der Waals surface area contributed by atoms with Gasteiger partial charge < -0.3 is 9.47 Å². The number of benzene rings is 2. The molecule has 0 radical (unpaired) electrons. The van der Waals surface area contributed by atoms with Gasteiger partial charge in [-0.05, 0) is 31.5 Å².